The van der Waals surface area contributed by atoms with Crippen molar-refractivity contribution in [1.29, 1.82) is 0 Å². The summed E-state index contributed by atoms with van der Waals surface area (Å²) < 4.78 is 7.51. The number of fused-ring (bicyclic) bond motifs is 1. The number of rotatable bonds is 7. The normalized spacial score (nSPS) is 18.0. The second-order valence-corrected chi connectivity index (χ2v) is 17.8. The van der Waals surface area contributed by atoms with Crippen molar-refractivity contribution < 1.29 is 18.3 Å². The molecule has 0 radical (unpaired) electrons. The molecule has 1 fully saturated rings. The van der Waals surface area contributed by atoms with Crippen LogP contribution in [-0.2, 0) is 31.8 Å². The van der Waals surface area contributed by atoms with Crippen LogP contribution >= 0.6 is 19.4 Å². The molecule has 1 saturated heterocycles. The van der Waals surface area contributed by atoms with Crippen molar-refractivity contribution in [3.8, 4) is 5.75 Å². The fraction of sp³-hybridized carbons (Fsp3) is 0.351. The molecule has 4 aromatic carbocycles. The van der Waals surface area contributed by atoms with E-state index in [0.29, 0.717) is 0 Å². The molecule has 0 bridgehead atoms. The zero-order valence-electron chi connectivity index (χ0n) is 25.9. The molecule has 42 heavy (non-hydrogen) atoms. The topological polar surface area (TPSA) is 12.5 Å². The predicted molar refractivity (Wildman–Crippen MR) is 181 cm³/mol. The standard InChI is InChI=1S/C27H32N.C10H12O.2ClH.Ru/c1-6-20-13-10-14-21(7-2)25(20)28-19-27(5,18-26(28,3)4)24-16-15-22-11-8-9-12-23(22)17-24;1-8(2)11-10-7-5-4-6-9(10)3;;;/h8-17,19H,6-7,18H2,1-5H3;3-8H,1-2H3;2*1H;/q-1;;;;+2/p-2/t27-;;;;/m1..../s1. The van der Waals surface area contributed by atoms with E-state index in [1.54, 1.807) is 0 Å². The molecular formula is C37H44Cl2NORu-. The van der Waals surface area contributed by atoms with Crippen molar-refractivity contribution in [2.75, 3.05) is 4.90 Å². The molecular weight excluding hydrogens is 646 g/mol. The number of para-hydroxylation sites is 2. The third-order valence-electron chi connectivity index (χ3n) is 7.95. The Bertz CT molecular complexity index is 1520. The third-order valence-corrected chi connectivity index (χ3v) is 9.78. The summed E-state index contributed by atoms with van der Waals surface area (Å²) in [5.41, 5.74) is 6.84. The zero-order chi connectivity index (χ0) is 30.5. The third kappa shape index (κ3) is 7.66. The van der Waals surface area contributed by atoms with E-state index in [9.17, 15) is 0 Å². The van der Waals surface area contributed by atoms with Gasteiger partial charge in [-0.3, -0.25) is 0 Å². The first-order valence-electron chi connectivity index (χ1n) is 14.8. The van der Waals surface area contributed by atoms with Crippen molar-refractivity contribution in [1.82, 2.24) is 0 Å². The van der Waals surface area contributed by atoms with E-state index in [1.165, 1.54) is 33.2 Å². The summed E-state index contributed by atoms with van der Waals surface area (Å²) in [5.74, 6) is 0.850. The Kier molecular flexibility index (Phi) is 11.0. The summed E-state index contributed by atoms with van der Waals surface area (Å²) >= 11 is -1.77. The summed E-state index contributed by atoms with van der Waals surface area (Å²) in [7, 11) is 11.6. The Balaban J connectivity index is 0.000000244. The summed E-state index contributed by atoms with van der Waals surface area (Å²) in [5, 5.41) is 2.64. The predicted octanol–water partition coefficient (Wildman–Crippen LogP) is 10.6. The molecule has 0 unspecified atom stereocenters. The van der Waals surface area contributed by atoms with Gasteiger partial charge in [-0.05, 0) is 55.0 Å². The van der Waals surface area contributed by atoms with E-state index in [1.807, 2.05) is 42.7 Å². The molecule has 1 aliphatic rings. The van der Waals surface area contributed by atoms with Gasteiger partial charge in [0, 0.05) is 11.2 Å². The van der Waals surface area contributed by atoms with Gasteiger partial charge in [0.05, 0.1) is 0 Å². The van der Waals surface area contributed by atoms with Crippen LogP contribution in [0.25, 0.3) is 10.8 Å². The van der Waals surface area contributed by atoms with Crippen LogP contribution in [0, 0.1) is 6.54 Å². The molecule has 226 valence electrons. The second-order valence-electron chi connectivity index (χ2n) is 12.1. The van der Waals surface area contributed by atoms with E-state index in [4.69, 9.17) is 24.1 Å². The maximum absolute atomic E-state index is 5.82. The quantitative estimate of drug-likeness (QED) is 0.141. The first-order valence-corrected chi connectivity index (χ1v) is 20.3. The number of benzene rings is 4. The fourth-order valence-electron chi connectivity index (χ4n) is 6.11. The summed E-state index contributed by atoms with van der Waals surface area (Å²) in [6.45, 7) is 18.2. The SMILES string of the molecule is CC(C)Oc1ccccc1[CH]=[Ru]([Cl])[Cl].CCc1cccc(CC)c1N1[CH-][C@](C)(c2ccc3ccccc3c2)CC1(C)C. The maximum atomic E-state index is 5.82. The second kappa shape index (κ2) is 14.1. The molecule has 5 rings (SSSR count). The van der Waals surface area contributed by atoms with E-state index >= 15 is 0 Å². The number of hydrogen-bond donors (Lipinski definition) is 0. The van der Waals surface area contributed by atoms with E-state index in [2.05, 4.69) is 107 Å². The molecule has 0 amide bonds. The van der Waals surface area contributed by atoms with Crippen molar-refractivity contribution in [2.45, 2.75) is 84.8 Å². The number of ether oxygens (including phenoxy) is 1. The van der Waals surface area contributed by atoms with Gasteiger partial charge in [-0.15, -0.1) is 5.41 Å². The van der Waals surface area contributed by atoms with Gasteiger partial charge in [0.1, 0.15) is 0 Å². The van der Waals surface area contributed by atoms with Gasteiger partial charge >= 0.3 is 97.8 Å². The summed E-state index contributed by atoms with van der Waals surface area (Å²) in [4.78, 5) is 2.58. The summed E-state index contributed by atoms with van der Waals surface area (Å²) in [6.07, 6.45) is 3.40. The molecule has 0 aliphatic carbocycles. The minimum Gasteiger partial charge on any atom is -0.517 e. The van der Waals surface area contributed by atoms with E-state index in [0.717, 1.165) is 30.6 Å². The molecule has 1 heterocycles. The molecule has 0 spiro atoms. The van der Waals surface area contributed by atoms with Gasteiger partial charge in [0.15, 0.2) is 0 Å². The van der Waals surface area contributed by atoms with Gasteiger partial charge in [-0.1, -0.05) is 87.0 Å². The summed E-state index contributed by atoms with van der Waals surface area (Å²) in [6, 6.07) is 30.2. The number of aryl methyl sites for hydroxylation is 2. The molecule has 5 heteroatoms. The van der Waals surface area contributed by atoms with Crippen molar-refractivity contribution in [2.24, 2.45) is 0 Å². The molecule has 2 nitrogen and oxygen atoms in total. The number of nitrogens with zero attached hydrogens (tertiary/aromatic N) is 1. The Labute approximate surface area is 266 Å². The fourth-order valence-corrected chi connectivity index (χ4v) is 7.92. The van der Waals surface area contributed by atoms with Gasteiger partial charge in [-0.2, -0.15) is 0 Å². The molecule has 4 aromatic rings. The Morgan fingerprint density at radius 3 is 2.10 bits per heavy atom. The van der Waals surface area contributed by atoms with E-state index in [-0.39, 0.29) is 17.1 Å². The van der Waals surface area contributed by atoms with Crippen molar-refractivity contribution >= 4 is 40.5 Å². The molecule has 1 aliphatic heterocycles. The molecule has 0 N–H and O–H groups in total. The van der Waals surface area contributed by atoms with Crippen LogP contribution in [0.2, 0.25) is 0 Å². The van der Waals surface area contributed by atoms with Crippen LogP contribution in [0.15, 0.2) is 84.9 Å². The molecule has 1 atom stereocenters. The van der Waals surface area contributed by atoms with Crippen LogP contribution in [0.4, 0.5) is 5.69 Å². The van der Waals surface area contributed by atoms with Gasteiger partial charge in [0.25, 0.3) is 0 Å². The van der Waals surface area contributed by atoms with Gasteiger partial charge in [0.2, 0.25) is 0 Å². The first kappa shape index (κ1) is 32.7. The first-order chi connectivity index (χ1) is 20.0. The van der Waals surface area contributed by atoms with Crippen LogP contribution in [0.3, 0.4) is 0 Å². The van der Waals surface area contributed by atoms with Crippen molar-refractivity contribution in [3.05, 3.63) is 114 Å². The van der Waals surface area contributed by atoms with Crippen LogP contribution in [-0.4, -0.2) is 16.3 Å². The molecule has 0 saturated carbocycles. The monoisotopic (exact) mass is 690 g/mol. The number of hydrogen-bond acceptors (Lipinski definition) is 2. The average molecular weight is 691 g/mol. The zero-order valence-corrected chi connectivity index (χ0v) is 29.2. The maximum Gasteiger partial charge on any atom is 0.0140 e. The average Bonchev–Trinajstić information content (AvgIpc) is 3.22. The van der Waals surface area contributed by atoms with Crippen LogP contribution in [0.5, 0.6) is 5.75 Å². The minimum atomic E-state index is -1.77. The molecule has 0 aromatic heterocycles. The number of anilines is 1. The van der Waals surface area contributed by atoms with Crippen molar-refractivity contribution in [3.63, 3.8) is 0 Å². The smallest absolute Gasteiger partial charge is 0.0140 e. The van der Waals surface area contributed by atoms with Crippen LogP contribution in [0.1, 0.15) is 77.1 Å². The van der Waals surface area contributed by atoms with Gasteiger partial charge < -0.3 is 4.90 Å². The minimum absolute atomic E-state index is 0.0272. The Hall–Kier alpha value is -2.19. The van der Waals surface area contributed by atoms with Crippen LogP contribution < -0.4 is 9.64 Å². The Morgan fingerprint density at radius 2 is 1.48 bits per heavy atom. The Morgan fingerprint density at radius 1 is 0.857 bits per heavy atom. The largest absolute Gasteiger partial charge is 0.517 e. The van der Waals surface area contributed by atoms with E-state index < -0.39 is 13.5 Å². The van der Waals surface area contributed by atoms with Gasteiger partial charge in [-0.25, -0.2) is 6.54 Å². The number of halogens is 2.